The summed E-state index contributed by atoms with van der Waals surface area (Å²) < 4.78 is 57.5. The zero-order chi connectivity index (χ0) is 88.8. The molecule has 114 heavy (non-hydrogen) atoms. The van der Waals surface area contributed by atoms with E-state index in [-0.39, 0.29) is 153 Å². The normalized spacial score (nSPS) is 9.42. The summed E-state index contributed by atoms with van der Waals surface area (Å²) in [4.78, 5) is 175. The van der Waals surface area contributed by atoms with E-state index in [1.807, 2.05) is 30.7 Å². The van der Waals surface area contributed by atoms with Gasteiger partial charge in [0.15, 0.2) is 5.57 Å². The Kier molecular flexibility index (Phi) is 88.0. The first-order valence-electron chi connectivity index (χ1n) is 31.2. The van der Waals surface area contributed by atoms with Gasteiger partial charge in [-0.3, -0.25) is 38.5 Å². The van der Waals surface area contributed by atoms with Gasteiger partial charge in [-0.15, -0.1) is 12.4 Å². The number of carbonyl (C=O) groups is 10. The fourth-order valence-electron chi connectivity index (χ4n) is 6.61. The fraction of sp³-hybridized carbons (Fsp3) is 0.525. The number of halogens is 10. The number of aromatic amines is 4. The van der Waals surface area contributed by atoms with Gasteiger partial charge in [0.25, 0.3) is 23.0 Å². The standard InChI is InChI=1S/C10H16N2O5.C8H10N2O4.C8H18O3.C7H12O4.C6H5Cl2N3O.C6H4Cl2N2O2.C6H6N2O4.C6H15N.CH4N2O.CH3O.Cl3OP.Cl2OS.ClH.H3N.Na/c1-4-16-8(13)7(9(14)17-5-2)6(3)12-10(11)15;1-3-14-7(12)5-4(2)9-8(13)10-6(5)11;1-5-9-8(4,10-6-2)11-7-3;1-3-10-6(8)5-7(9)11-4-2;1-2-3(5(9)12)4(7)11-6(8)10-2;1-2-3(5(11)12)4(7)10-6(8)9-2;1-2-3(5(10)11)4(9)8-6(12)7-2;1-4-7(5-2)6-3;2-1(3)4;1-2;1-5(2,3)4;1-4(2)3;;;/h4-5H2,1-3H3,(H3,11,12,15);3H2,1-2H3,(H2,9,10,11,13);5-7H2,1-4H3;3-5H2,1-2H3;1H3,(H2,9,12);1H3,(H,11,12);1H3,(H,10,11)(H2,7,8,9,12);4-6H2,1-3H3;(H4,2,3,4);1H3;;;1H;1H3;/q;;;;;;;;;-1;;;;;+1. The number of nitrogens with zero attached hydrogens (tertiary/aromatic N) is 5. The number of hydrogen-bond donors (Lipinski definition) is 12. The summed E-state index contributed by atoms with van der Waals surface area (Å²) in [5.74, 6) is -7.56. The summed E-state index contributed by atoms with van der Waals surface area (Å²) in [6.45, 7) is 35.8. The maximum absolute atomic E-state index is 11.5. The number of nitrogens with two attached hydrogens (primary N) is 4. The number of hydrogen-bond acceptors (Lipinski definition) is 31. The van der Waals surface area contributed by atoms with E-state index in [9.17, 15) is 66.9 Å². The van der Waals surface area contributed by atoms with E-state index < -0.39 is 108 Å². The van der Waals surface area contributed by atoms with E-state index in [1.165, 1.54) is 47.3 Å². The summed E-state index contributed by atoms with van der Waals surface area (Å²) in [5, 5.41) is 24.1. The molecule has 4 aromatic rings. The van der Waals surface area contributed by atoms with Gasteiger partial charge in [0.05, 0.1) is 50.0 Å². The van der Waals surface area contributed by atoms with Crippen molar-refractivity contribution in [3.63, 3.8) is 0 Å². The predicted molar refractivity (Wildman–Crippen MR) is 427 cm³/mol. The van der Waals surface area contributed by atoms with Crippen molar-refractivity contribution in [1.82, 2.24) is 56.2 Å². The van der Waals surface area contributed by atoms with E-state index >= 15 is 0 Å². The summed E-state index contributed by atoms with van der Waals surface area (Å²) in [7, 11) is 8.11. The van der Waals surface area contributed by atoms with Gasteiger partial charge < -0.3 is 102 Å². The molecule has 0 atom stereocenters. The fourth-order valence-corrected chi connectivity index (χ4v) is 7.72. The van der Waals surface area contributed by atoms with Gasteiger partial charge >= 0.3 is 100.0 Å². The molecule has 0 bridgehead atoms. The quantitative estimate of drug-likeness (QED) is 0.00408. The Balaban J connectivity index is -0.000000115. The average molecular weight is 1890 g/mol. The van der Waals surface area contributed by atoms with Gasteiger partial charge in [-0.05, 0) is 167 Å². The van der Waals surface area contributed by atoms with Gasteiger partial charge in [-0.2, -0.15) is 7.11 Å². The number of aromatic carboxylic acids is 2. The van der Waals surface area contributed by atoms with Crippen LogP contribution in [-0.4, -0.2) is 205 Å². The van der Waals surface area contributed by atoms with Crippen LogP contribution in [0.15, 0.2) is 30.4 Å². The number of esters is 5. The molecule has 0 aliphatic rings. The smallest absolute Gasteiger partial charge is 0.857 e. The van der Waals surface area contributed by atoms with Crippen LogP contribution in [0, 0.1) is 27.7 Å². The zero-order valence-electron chi connectivity index (χ0n) is 65.5. The van der Waals surface area contributed by atoms with E-state index in [2.05, 4.69) is 151 Å². The minimum atomic E-state index is -3.22. The number of amides is 5. The predicted octanol–water partition coefficient (Wildman–Crippen LogP) is 4.72. The molecule has 5 amide bonds. The number of nitrogens with one attached hydrogen (secondary N) is 5. The van der Waals surface area contributed by atoms with Crippen molar-refractivity contribution in [2.75, 3.05) is 79.6 Å². The molecule has 0 aromatic carbocycles. The van der Waals surface area contributed by atoms with Crippen LogP contribution in [0.25, 0.3) is 0 Å². The van der Waals surface area contributed by atoms with Crippen molar-refractivity contribution in [2.45, 2.75) is 130 Å². The molecule has 55 heteroatoms. The summed E-state index contributed by atoms with van der Waals surface area (Å²) >= 11 is 35.9. The Labute approximate surface area is 729 Å². The Morgan fingerprint density at radius 3 is 1.06 bits per heavy atom. The number of aromatic nitrogens is 8. The van der Waals surface area contributed by atoms with Crippen molar-refractivity contribution in [2.24, 2.45) is 22.9 Å². The Morgan fingerprint density at radius 2 is 0.833 bits per heavy atom. The first-order valence-corrected chi connectivity index (χ1v) is 39.9. The van der Waals surface area contributed by atoms with Crippen LogP contribution in [-0.2, 0) is 70.9 Å². The third-order valence-electron chi connectivity index (χ3n) is 10.6. The third kappa shape index (κ3) is 72.1. The van der Waals surface area contributed by atoms with Crippen LogP contribution in [0.2, 0.25) is 20.9 Å². The molecule has 0 fully saturated rings. The van der Waals surface area contributed by atoms with Crippen LogP contribution < -0.4 is 91.6 Å². The summed E-state index contributed by atoms with van der Waals surface area (Å²) in [6.07, 6.45) is -0.290. The number of urea groups is 2. The molecule has 4 rings (SSSR count). The third-order valence-corrected chi connectivity index (χ3v) is 11.4. The number of ether oxygens (including phenoxy) is 8. The first kappa shape index (κ1) is 131. The molecule has 4 heterocycles. The molecule has 0 saturated carbocycles. The molecule has 42 nitrogen and oxygen atoms in total. The Morgan fingerprint density at radius 1 is 0.544 bits per heavy atom. The topological polar surface area (TPSA) is 680 Å². The minimum absolute atomic E-state index is 0. The summed E-state index contributed by atoms with van der Waals surface area (Å²) in [6, 6.07) is -1.71. The van der Waals surface area contributed by atoms with Crippen molar-refractivity contribution in [3.8, 4) is 0 Å². The van der Waals surface area contributed by atoms with E-state index in [1.54, 1.807) is 48.5 Å². The number of H-pyrrole nitrogens is 4. The minimum Gasteiger partial charge on any atom is -0.857 e. The maximum Gasteiger partial charge on any atom is 1.00 e. The van der Waals surface area contributed by atoms with Crippen molar-refractivity contribution in [3.05, 3.63) is 119 Å². The number of primary amides is 4. The Hall–Kier alpha value is -6.40. The largest absolute Gasteiger partial charge is 1.00 e. The van der Waals surface area contributed by atoms with Crippen molar-refractivity contribution < 1.29 is 139 Å². The molecule has 18 N–H and O–H groups in total. The molecule has 0 unspecified atom stereocenters. The second-order valence-corrected chi connectivity index (χ2v) is 29.0. The molecule has 0 saturated heterocycles. The first-order chi connectivity index (χ1) is 51.2. The Bertz CT molecular complexity index is 3700. The number of rotatable bonds is 23. The number of allylic oxidation sites excluding steroid dienone is 1. The van der Waals surface area contributed by atoms with Crippen LogP contribution in [0.1, 0.15) is 161 Å². The molecule has 0 radical (unpaired) electrons. The van der Waals surface area contributed by atoms with Crippen LogP contribution >= 0.6 is 119 Å². The van der Waals surface area contributed by atoms with Crippen LogP contribution in [0.4, 0.5) is 9.59 Å². The monoisotopic (exact) mass is 1880 g/mol. The number of carboxylic acids is 2. The SMILES string of the molecule is CCN(CC)CC.CCOC(=O)C(C(=O)OCC)=C(C)NC(N)=O.CCOC(=O)CC(=O)OCC.CCOC(=O)c1c(C)[nH]c(=O)[nH]c1=O.CCOC(C)(OCC)OCC.C[O-].Cc1[nH]c(=O)[nH]c(=O)c1C(=O)O.Cc1nc(Cl)nc(Cl)c1C(=O)O.Cc1nc(Cl)nc(Cl)c1C(N)=O.Cl.N.NC(N)=O.O=P(Cl)(Cl)Cl.O=S(Cl)Cl.[Na+]. The van der Waals surface area contributed by atoms with Gasteiger partial charge in [0.2, 0.25) is 19.8 Å². The molecule has 0 aliphatic heterocycles. The number of carbonyl (C=O) groups excluding carboxylic acids is 8. The number of carboxylic acid groups (broad SMARTS) is 2. The van der Waals surface area contributed by atoms with Crippen LogP contribution in [0.5, 0.6) is 0 Å². The maximum atomic E-state index is 11.5. The van der Waals surface area contributed by atoms with Crippen LogP contribution in [0.3, 0.4) is 0 Å². The summed E-state index contributed by atoms with van der Waals surface area (Å²) in [5.41, 5.74) is 15.4. The second-order valence-electron chi connectivity index (χ2n) is 18.5. The van der Waals surface area contributed by atoms with Gasteiger partial charge in [-0.1, -0.05) is 44.0 Å². The van der Waals surface area contributed by atoms with Crippen molar-refractivity contribution in [1.29, 1.82) is 0 Å². The zero-order valence-corrected chi connectivity index (χ0v) is 76.8. The van der Waals surface area contributed by atoms with Gasteiger partial charge in [0.1, 0.15) is 33.4 Å². The molecular weight excluding hydrogens is 1790 g/mol. The molecule has 4 aromatic heterocycles. The molecule has 0 spiro atoms. The van der Waals surface area contributed by atoms with Gasteiger partial charge in [0, 0.05) is 65.2 Å². The van der Waals surface area contributed by atoms with E-state index in [0.717, 1.165) is 7.11 Å². The van der Waals surface area contributed by atoms with Gasteiger partial charge in [-0.25, -0.2) is 67.3 Å². The second kappa shape index (κ2) is 76.6. The van der Waals surface area contributed by atoms with E-state index in [4.69, 9.17) is 96.4 Å². The molecular formula is C59H97Cl10N15NaO27PS. The van der Waals surface area contributed by atoms with Crippen molar-refractivity contribution >= 4 is 188 Å². The molecule has 0 aliphatic carbocycles. The number of aryl methyl sites for hydroxylation is 4. The average Bonchev–Trinajstić information content (AvgIpc) is 0.856. The molecule has 652 valence electrons. The van der Waals surface area contributed by atoms with E-state index in [0.29, 0.717) is 25.5 Å².